The second-order valence-electron chi connectivity index (χ2n) is 3.55. The summed E-state index contributed by atoms with van der Waals surface area (Å²) < 4.78 is 18.3. The third-order valence-corrected chi connectivity index (χ3v) is 2.42. The average molecular weight is 235 g/mol. The molecule has 0 aliphatic heterocycles. The lowest BCUT2D eigenvalue weighted by Crippen LogP contribution is -1.97. The number of carboxylic acids is 1. The fourth-order valence-corrected chi connectivity index (χ4v) is 1.62. The van der Waals surface area contributed by atoms with Gasteiger partial charge < -0.3 is 9.63 Å². The molecule has 0 aliphatic carbocycles. The van der Waals surface area contributed by atoms with E-state index in [1.165, 1.54) is 18.3 Å². The van der Waals surface area contributed by atoms with Crippen molar-refractivity contribution in [2.45, 2.75) is 13.3 Å². The Bertz CT molecular complexity index is 563. The van der Waals surface area contributed by atoms with Gasteiger partial charge in [-0.25, -0.2) is 9.18 Å². The summed E-state index contributed by atoms with van der Waals surface area (Å²) in [5.41, 5.74) is 0.984. The zero-order valence-electron chi connectivity index (χ0n) is 9.11. The molecule has 17 heavy (non-hydrogen) atoms. The van der Waals surface area contributed by atoms with E-state index in [9.17, 15) is 9.18 Å². The molecule has 0 unspecified atom stereocenters. The van der Waals surface area contributed by atoms with E-state index in [0.717, 1.165) is 6.07 Å². The minimum Gasteiger partial charge on any atom is -0.478 e. The van der Waals surface area contributed by atoms with Crippen molar-refractivity contribution in [1.29, 1.82) is 0 Å². The molecule has 1 N–H and O–H groups in total. The molecular weight excluding hydrogens is 225 g/mol. The van der Waals surface area contributed by atoms with Gasteiger partial charge in [-0.15, -0.1) is 0 Å². The monoisotopic (exact) mass is 235 g/mol. The molecule has 0 radical (unpaired) electrons. The SMILES string of the molecule is CCc1oncc1-c1cc(F)cc(C(=O)O)c1. The van der Waals surface area contributed by atoms with Gasteiger partial charge in [0.25, 0.3) is 0 Å². The van der Waals surface area contributed by atoms with Crippen LogP contribution in [0.3, 0.4) is 0 Å². The maximum Gasteiger partial charge on any atom is 0.335 e. The number of benzene rings is 1. The molecular formula is C12H10FNO3. The zero-order chi connectivity index (χ0) is 12.4. The van der Waals surface area contributed by atoms with Gasteiger partial charge in [0.2, 0.25) is 0 Å². The highest BCUT2D eigenvalue weighted by atomic mass is 19.1. The van der Waals surface area contributed by atoms with Crippen LogP contribution in [-0.4, -0.2) is 16.2 Å². The van der Waals surface area contributed by atoms with Crippen LogP contribution in [0.4, 0.5) is 4.39 Å². The van der Waals surface area contributed by atoms with E-state index in [-0.39, 0.29) is 5.56 Å². The molecule has 2 aromatic rings. The van der Waals surface area contributed by atoms with Crippen LogP contribution >= 0.6 is 0 Å². The van der Waals surface area contributed by atoms with Crippen molar-refractivity contribution in [3.8, 4) is 11.1 Å². The van der Waals surface area contributed by atoms with Gasteiger partial charge in [0.1, 0.15) is 11.6 Å². The first kappa shape index (κ1) is 11.3. The fourth-order valence-electron chi connectivity index (χ4n) is 1.62. The number of aromatic carboxylic acids is 1. The highest BCUT2D eigenvalue weighted by molar-refractivity contribution is 5.89. The smallest absolute Gasteiger partial charge is 0.335 e. The summed E-state index contributed by atoms with van der Waals surface area (Å²) in [6, 6.07) is 3.64. The topological polar surface area (TPSA) is 63.3 Å². The Balaban J connectivity index is 2.56. The minimum atomic E-state index is -1.17. The Labute approximate surface area is 96.7 Å². The van der Waals surface area contributed by atoms with Gasteiger partial charge in [0.05, 0.1) is 11.8 Å². The van der Waals surface area contributed by atoms with Crippen LogP contribution in [0.15, 0.2) is 28.9 Å². The minimum absolute atomic E-state index is 0.0942. The standard InChI is InChI=1S/C12H10FNO3/c1-2-11-10(6-14-17-11)7-3-8(12(15)16)5-9(13)4-7/h3-6H,2H2,1H3,(H,15,16). The summed E-state index contributed by atoms with van der Waals surface area (Å²) in [6.45, 7) is 1.88. The molecule has 1 aromatic carbocycles. The molecule has 0 fully saturated rings. The molecule has 2 rings (SSSR count). The van der Waals surface area contributed by atoms with E-state index in [0.29, 0.717) is 23.3 Å². The van der Waals surface area contributed by atoms with Crippen molar-refractivity contribution < 1.29 is 18.8 Å². The average Bonchev–Trinajstić information content (AvgIpc) is 2.76. The van der Waals surface area contributed by atoms with E-state index in [1.54, 1.807) is 0 Å². The van der Waals surface area contributed by atoms with E-state index >= 15 is 0 Å². The molecule has 1 heterocycles. The van der Waals surface area contributed by atoms with Crippen molar-refractivity contribution in [3.05, 3.63) is 41.5 Å². The largest absolute Gasteiger partial charge is 0.478 e. The third-order valence-electron chi connectivity index (χ3n) is 2.42. The van der Waals surface area contributed by atoms with Crippen molar-refractivity contribution in [2.24, 2.45) is 0 Å². The molecule has 4 nitrogen and oxygen atoms in total. The number of halogens is 1. The summed E-state index contributed by atoms with van der Waals surface area (Å²) in [5.74, 6) is -1.16. The van der Waals surface area contributed by atoms with E-state index in [4.69, 9.17) is 9.63 Å². The second-order valence-corrected chi connectivity index (χ2v) is 3.55. The highest BCUT2D eigenvalue weighted by Crippen LogP contribution is 2.25. The summed E-state index contributed by atoms with van der Waals surface area (Å²) in [4.78, 5) is 10.8. The predicted molar refractivity (Wildman–Crippen MR) is 58.2 cm³/mol. The number of hydrogen-bond donors (Lipinski definition) is 1. The van der Waals surface area contributed by atoms with Crippen LogP contribution < -0.4 is 0 Å². The van der Waals surface area contributed by atoms with E-state index in [1.807, 2.05) is 6.92 Å². The first-order chi connectivity index (χ1) is 8.11. The molecule has 1 aromatic heterocycles. The van der Waals surface area contributed by atoms with Gasteiger partial charge in [-0.1, -0.05) is 12.1 Å². The Morgan fingerprint density at radius 3 is 2.88 bits per heavy atom. The molecule has 88 valence electrons. The molecule has 0 saturated heterocycles. The quantitative estimate of drug-likeness (QED) is 0.888. The number of hydrogen-bond acceptors (Lipinski definition) is 3. The molecule has 0 spiro atoms. The Morgan fingerprint density at radius 1 is 1.47 bits per heavy atom. The molecule has 0 bridgehead atoms. The predicted octanol–water partition coefficient (Wildman–Crippen LogP) is 2.74. The highest BCUT2D eigenvalue weighted by Gasteiger charge is 2.13. The van der Waals surface area contributed by atoms with Gasteiger partial charge >= 0.3 is 5.97 Å². The Kier molecular flexibility index (Phi) is 2.91. The Morgan fingerprint density at radius 2 is 2.24 bits per heavy atom. The van der Waals surface area contributed by atoms with Crippen molar-refractivity contribution in [3.63, 3.8) is 0 Å². The normalized spacial score (nSPS) is 10.5. The second kappa shape index (κ2) is 4.37. The lowest BCUT2D eigenvalue weighted by Gasteiger charge is -2.02. The summed E-state index contributed by atoms with van der Waals surface area (Å²) in [7, 11) is 0. The number of aromatic nitrogens is 1. The van der Waals surface area contributed by atoms with Crippen LogP contribution in [0.1, 0.15) is 23.0 Å². The summed E-state index contributed by atoms with van der Waals surface area (Å²) >= 11 is 0. The van der Waals surface area contributed by atoms with Crippen molar-refractivity contribution >= 4 is 5.97 Å². The Hall–Kier alpha value is -2.17. The molecule has 0 saturated carbocycles. The molecule has 0 atom stereocenters. The van der Waals surface area contributed by atoms with Crippen molar-refractivity contribution in [2.75, 3.05) is 0 Å². The van der Waals surface area contributed by atoms with E-state index < -0.39 is 11.8 Å². The van der Waals surface area contributed by atoms with E-state index in [2.05, 4.69) is 5.16 Å². The molecule has 0 amide bonds. The lowest BCUT2D eigenvalue weighted by atomic mass is 10.0. The van der Waals surface area contributed by atoms with Gasteiger partial charge in [0, 0.05) is 12.0 Å². The molecule has 0 aliphatic rings. The molecule has 5 heteroatoms. The number of nitrogens with zero attached hydrogens (tertiary/aromatic N) is 1. The third kappa shape index (κ3) is 2.18. The van der Waals surface area contributed by atoms with Crippen LogP contribution in [0.2, 0.25) is 0 Å². The zero-order valence-corrected chi connectivity index (χ0v) is 9.11. The van der Waals surface area contributed by atoms with Crippen LogP contribution in [0.5, 0.6) is 0 Å². The summed E-state index contributed by atoms with van der Waals surface area (Å²) in [6.07, 6.45) is 2.06. The van der Waals surface area contributed by atoms with Crippen LogP contribution in [0.25, 0.3) is 11.1 Å². The number of carboxylic acid groups (broad SMARTS) is 1. The van der Waals surface area contributed by atoms with Crippen LogP contribution in [-0.2, 0) is 6.42 Å². The summed E-state index contributed by atoms with van der Waals surface area (Å²) in [5, 5.41) is 12.5. The number of carbonyl (C=O) groups is 1. The fraction of sp³-hybridized carbons (Fsp3) is 0.167. The van der Waals surface area contributed by atoms with Gasteiger partial charge in [-0.3, -0.25) is 0 Å². The lowest BCUT2D eigenvalue weighted by molar-refractivity contribution is 0.0696. The van der Waals surface area contributed by atoms with Gasteiger partial charge in [-0.2, -0.15) is 0 Å². The maximum atomic E-state index is 13.3. The van der Waals surface area contributed by atoms with Crippen LogP contribution in [0, 0.1) is 5.82 Å². The van der Waals surface area contributed by atoms with Crippen molar-refractivity contribution in [1.82, 2.24) is 5.16 Å². The first-order valence-corrected chi connectivity index (χ1v) is 5.09. The van der Waals surface area contributed by atoms with Gasteiger partial charge in [0.15, 0.2) is 0 Å². The number of rotatable bonds is 3. The maximum absolute atomic E-state index is 13.3. The number of aryl methyl sites for hydroxylation is 1. The first-order valence-electron chi connectivity index (χ1n) is 5.09. The van der Waals surface area contributed by atoms with Gasteiger partial charge in [-0.05, 0) is 23.8 Å².